The van der Waals surface area contributed by atoms with E-state index in [0.717, 1.165) is 109 Å². The van der Waals surface area contributed by atoms with Gasteiger partial charge in [-0.1, -0.05) is 296 Å². The molecular formula is C73H126NO8P. The fourth-order valence-corrected chi connectivity index (χ4v) is 9.83. The Morgan fingerprint density at radius 1 is 0.386 bits per heavy atom. The van der Waals surface area contributed by atoms with Crippen LogP contribution >= 0.6 is 7.82 Å². The molecule has 0 amide bonds. The molecule has 0 aromatic heterocycles. The maximum atomic E-state index is 12.8. The molecule has 0 fully saturated rings. The minimum absolute atomic E-state index is 0.0364. The molecule has 2 atom stereocenters. The van der Waals surface area contributed by atoms with Crippen molar-refractivity contribution in [2.75, 3.05) is 47.5 Å². The minimum atomic E-state index is -4.65. The highest BCUT2D eigenvalue weighted by Crippen LogP contribution is 2.38. The number of esters is 2. The summed E-state index contributed by atoms with van der Waals surface area (Å²) in [5, 5.41) is 0. The average molecular weight is 1180 g/mol. The highest BCUT2D eigenvalue weighted by atomic mass is 31.2. The van der Waals surface area contributed by atoms with Gasteiger partial charge < -0.3 is 27.9 Å². The molecule has 0 heterocycles. The molecule has 0 aliphatic rings. The number of hydrogen-bond donors (Lipinski definition) is 0. The third-order valence-electron chi connectivity index (χ3n) is 14.2. The quantitative estimate of drug-likeness (QED) is 0.0195. The lowest BCUT2D eigenvalue weighted by molar-refractivity contribution is -0.870. The molecule has 0 saturated heterocycles. The van der Waals surface area contributed by atoms with Crippen molar-refractivity contribution in [3.05, 3.63) is 122 Å². The Balaban J connectivity index is 4.12. The summed E-state index contributed by atoms with van der Waals surface area (Å²) in [5.74, 6) is -0.839. The van der Waals surface area contributed by atoms with Crippen LogP contribution in [0.25, 0.3) is 0 Å². The van der Waals surface area contributed by atoms with Crippen molar-refractivity contribution in [1.29, 1.82) is 0 Å². The molecule has 9 nitrogen and oxygen atoms in total. The summed E-state index contributed by atoms with van der Waals surface area (Å²) < 4.78 is 34.3. The Hall–Kier alpha value is -3.59. The lowest BCUT2D eigenvalue weighted by Crippen LogP contribution is -2.37. The smallest absolute Gasteiger partial charge is 0.306 e. The number of allylic oxidation sites excluding steroid dienone is 20. The highest BCUT2D eigenvalue weighted by Gasteiger charge is 2.22. The van der Waals surface area contributed by atoms with Gasteiger partial charge in [0.1, 0.15) is 19.8 Å². The van der Waals surface area contributed by atoms with E-state index in [9.17, 15) is 19.0 Å². The summed E-state index contributed by atoms with van der Waals surface area (Å²) >= 11 is 0. The lowest BCUT2D eigenvalue weighted by atomic mass is 10.0. The number of carbonyl (C=O) groups excluding carboxylic acids is 2. The summed E-state index contributed by atoms with van der Waals surface area (Å²) in [6.07, 6.45) is 89.8. The van der Waals surface area contributed by atoms with Crippen molar-refractivity contribution >= 4 is 19.8 Å². The fraction of sp³-hybridized carbons (Fsp3) is 0.699. The van der Waals surface area contributed by atoms with Gasteiger partial charge >= 0.3 is 11.9 Å². The van der Waals surface area contributed by atoms with Gasteiger partial charge in [0.05, 0.1) is 27.7 Å². The molecule has 83 heavy (non-hydrogen) atoms. The Bertz CT molecular complexity index is 1820. The molecule has 0 aromatic carbocycles. The summed E-state index contributed by atoms with van der Waals surface area (Å²) in [6, 6.07) is 0. The van der Waals surface area contributed by atoms with Crippen LogP contribution in [0.15, 0.2) is 122 Å². The largest absolute Gasteiger partial charge is 0.756 e. The van der Waals surface area contributed by atoms with Crippen LogP contribution in [-0.2, 0) is 32.7 Å². The number of quaternary nitrogens is 1. The molecule has 0 aliphatic carbocycles. The molecule has 10 heteroatoms. The summed E-state index contributed by atoms with van der Waals surface area (Å²) in [7, 11) is 1.16. The molecule has 0 N–H and O–H groups in total. The first-order chi connectivity index (χ1) is 40.5. The number of likely N-dealkylation sites (N-methyl/N-ethyl adjacent to an activating group) is 1. The van der Waals surface area contributed by atoms with E-state index in [1.807, 2.05) is 21.1 Å². The number of unbranched alkanes of at least 4 members (excludes halogenated alkanes) is 27. The van der Waals surface area contributed by atoms with Crippen molar-refractivity contribution in [2.45, 2.75) is 283 Å². The van der Waals surface area contributed by atoms with E-state index in [-0.39, 0.29) is 32.0 Å². The van der Waals surface area contributed by atoms with Gasteiger partial charge in [0.15, 0.2) is 6.10 Å². The second kappa shape index (κ2) is 62.9. The van der Waals surface area contributed by atoms with Crippen LogP contribution in [0.4, 0.5) is 0 Å². The SMILES string of the molecule is CC/C=C\C/C=C\C/C=C\C/C=C\C/C=C\C/C=C\C/C=C\C/C=C\C/C=C\C/C=C\CCCCCCCCCCC(=O)OC(COC(=O)CCCCCCCCCCCCCCCCCCCCCC)COP(=O)([O-])OCC[N+](C)(C)C. The van der Waals surface area contributed by atoms with Crippen molar-refractivity contribution in [3.63, 3.8) is 0 Å². The van der Waals surface area contributed by atoms with Crippen molar-refractivity contribution in [1.82, 2.24) is 0 Å². The normalized spacial score (nSPS) is 14.0. The monoisotopic (exact) mass is 1180 g/mol. The zero-order chi connectivity index (χ0) is 60.5. The second-order valence-electron chi connectivity index (χ2n) is 23.5. The standard InChI is InChI=1S/C73H126NO8P/c1-6-8-10-12-14-16-18-20-22-24-26-28-29-30-31-32-33-34-35-36-37-38-39-40-41-42-43-44-45-46-48-50-52-54-56-58-60-62-64-66-73(76)82-71(70-81-83(77,78)80-68-67-74(3,4)5)69-79-72(75)65-63-61-59-57-55-53-51-49-47-27-25-23-21-19-17-15-13-11-9-7-2/h8,10,14,16,20,22,26,28,30-31,33-34,36-37,39-40,42-43,45-46,71H,6-7,9,11-13,15,17-19,21,23-25,27,29,32,35,38,41,44,47-70H2,1-5H3/b10-8-,16-14-,22-20-,28-26-,31-30-,34-33-,37-36-,40-39-,43-42-,46-45-. The van der Waals surface area contributed by atoms with E-state index in [4.69, 9.17) is 18.5 Å². The van der Waals surface area contributed by atoms with Gasteiger partial charge in [0.2, 0.25) is 0 Å². The fourth-order valence-electron chi connectivity index (χ4n) is 9.10. The van der Waals surface area contributed by atoms with Crippen LogP contribution in [0, 0.1) is 0 Å². The third-order valence-corrected chi connectivity index (χ3v) is 15.2. The molecule has 0 saturated carbocycles. The van der Waals surface area contributed by atoms with Crippen LogP contribution in [0.3, 0.4) is 0 Å². The maximum absolute atomic E-state index is 12.8. The number of ether oxygens (including phenoxy) is 2. The number of hydrogen-bond acceptors (Lipinski definition) is 8. The molecule has 0 spiro atoms. The first-order valence-electron chi connectivity index (χ1n) is 33.7. The predicted molar refractivity (Wildman–Crippen MR) is 355 cm³/mol. The van der Waals surface area contributed by atoms with Crippen LogP contribution in [0.1, 0.15) is 277 Å². The Labute approximate surface area is 511 Å². The topological polar surface area (TPSA) is 111 Å². The van der Waals surface area contributed by atoms with Crippen molar-refractivity contribution < 1.29 is 42.1 Å². The van der Waals surface area contributed by atoms with Gasteiger partial charge in [0, 0.05) is 12.8 Å². The Kier molecular flexibility index (Phi) is 60.2. The molecular weight excluding hydrogens is 1050 g/mol. The highest BCUT2D eigenvalue weighted by molar-refractivity contribution is 7.45. The van der Waals surface area contributed by atoms with Gasteiger partial charge in [-0.25, -0.2) is 0 Å². The number of phosphoric ester groups is 1. The molecule has 0 rings (SSSR count). The molecule has 476 valence electrons. The lowest BCUT2D eigenvalue weighted by Gasteiger charge is -2.28. The summed E-state index contributed by atoms with van der Waals surface area (Å²) in [4.78, 5) is 38.0. The van der Waals surface area contributed by atoms with E-state index in [2.05, 4.69) is 135 Å². The molecule has 0 bridgehead atoms. The number of carbonyl (C=O) groups is 2. The van der Waals surface area contributed by atoms with Crippen molar-refractivity contribution in [3.8, 4) is 0 Å². The zero-order valence-corrected chi connectivity index (χ0v) is 55.0. The van der Waals surface area contributed by atoms with Gasteiger partial charge in [-0.15, -0.1) is 0 Å². The maximum Gasteiger partial charge on any atom is 0.306 e. The first-order valence-corrected chi connectivity index (χ1v) is 35.2. The van der Waals surface area contributed by atoms with Gasteiger partial charge in [0.25, 0.3) is 7.82 Å². The number of rotatable bonds is 61. The Morgan fingerprint density at radius 3 is 1.02 bits per heavy atom. The van der Waals surface area contributed by atoms with Crippen LogP contribution in [0.5, 0.6) is 0 Å². The second-order valence-corrected chi connectivity index (χ2v) is 24.9. The number of phosphoric acid groups is 1. The van der Waals surface area contributed by atoms with Crippen LogP contribution in [-0.4, -0.2) is 70.0 Å². The number of nitrogens with zero attached hydrogens (tertiary/aromatic N) is 1. The molecule has 0 aromatic rings. The minimum Gasteiger partial charge on any atom is -0.756 e. The van der Waals surface area contributed by atoms with E-state index >= 15 is 0 Å². The van der Waals surface area contributed by atoms with E-state index in [0.29, 0.717) is 17.4 Å². The third kappa shape index (κ3) is 67.4. The summed E-state index contributed by atoms with van der Waals surface area (Å²) in [6.45, 7) is 4.14. The molecule has 0 radical (unpaired) electrons. The van der Waals surface area contributed by atoms with E-state index in [1.54, 1.807) is 0 Å². The van der Waals surface area contributed by atoms with Crippen molar-refractivity contribution in [2.24, 2.45) is 0 Å². The van der Waals surface area contributed by atoms with Gasteiger partial charge in [-0.3, -0.25) is 14.2 Å². The predicted octanol–water partition coefficient (Wildman–Crippen LogP) is 21.2. The van der Waals surface area contributed by atoms with E-state index in [1.165, 1.54) is 135 Å². The molecule has 0 aliphatic heterocycles. The van der Waals surface area contributed by atoms with Gasteiger partial charge in [-0.05, 0) is 89.9 Å². The zero-order valence-electron chi connectivity index (χ0n) is 54.1. The van der Waals surface area contributed by atoms with Gasteiger partial charge in [-0.2, -0.15) is 0 Å². The first kappa shape index (κ1) is 79.4. The molecule has 2 unspecified atom stereocenters. The summed E-state index contributed by atoms with van der Waals surface area (Å²) in [5.41, 5.74) is 0. The Morgan fingerprint density at radius 2 is 0.687 bits per heavy atom. The van der Waals surface area contributed by atoms with Crippen LogP contribution in [0.2, 0.25) is 0 Å². The van der Waals surface area contributed by atoms with Crippen LogP contribution < -0.4 is 4.89 Å². The average Bonchev–Trinajstić information content (AvgIpc) is 3.48. The van der Waals surface area contributed by atoms with E-state index < -0.39 is 26.5 Å².